The van der Waals surface area contributed by atoms with E-state index in [2.05, 4.69) is 20.6 Å². The highest BCUT2D eigenvalue weighted by molar-refractivity contribution is 5.95. The van der Waals surface area contributed by atoms with Crippen molar-refractivity contribution in [2.75, 3.05) is 5.32 Å². The minimum Gasteiger partial charge on any atom is -0.345 e. The standard InChI is InChI=1S/C19H16F2N4O/c1-12(16-11-14(20)6-7-17(16)21)24-18(26)13-4-2-5-15(10-13)25-19-22-8-3-9-23-19/h2-12H,1H3,(H,24,26)(H,22,23,25). The number of benzene rings is 2. The van der Waals surface area contributed by atoms with Gasteiger partial charge in [-0.2, -0.15) is 0 Å². The Morgan fingerprint density at radius 2 is 1.81 bits per heavy atom. The minimum absolute atomic E-state index is 0.0883. The molecule has 0 bridgehead atoms. The van der Waals surface area contributed by atoms with E-state index in [1.807, 2.05) is 0 Å². The van der Waals surface area contributed by atoms with Crippen LogP contribution in [0, 0.1) is 11.6 Å². The van der Waals surface area contributed by atoms with Crippen molar-refractivity contribution in [3.05, 3.63) is 83.7 Å². The number of rotatable bonds is 5. The van der Waals surface area contributed by atoms with E-state index in [1.54, 1.807) is 49.6 Å². The molecular weight excluding hydrogens is 338 g/mol. The normalized spacial score (nSPS) is 11.7. The van der Waals surface area contributed by atoms with Crippen LogP contribution in [0.15, 0.2) is 60.9 Å². The van der Waals surface area contributed by atoms with Gasteiger partial charge in [0, 0.05) is 29.2 Å². The number of aromatic nitrogens is 2. The summed E-state index contributed by atoms with van der Waals surface area (Å²) in [6.07, 6.45) is 3.20. The van der Waals surface area contributed by atoms with Gasteiger partial charge in [-0.15, -0.1) is 0 Å². The summed E-state index contributed by atoms with van der Waals surface area (Å²) in [5, 5.41) is 5.66. The summed E-state index contributed by atoms with van der Waals surface area (Å²) in [4.78, 5) is 20.6. The van der Waals surface area contributed by atoms with Crippen molar-refractivity contribution >= 4 is 17.5 Å². The Morgan fingerprint density at radius 1 is 1.04 bits per heavy atom. The third kappa shape index (κ3) is 4.18. The fourth-order valence-electron chi connectivity index (χ4n) is 2.44. The lowest BCUT2D eigenvalue weighted by atomic mass is 10.1. The SMILES string of the molecule is CC(NC(=O)c1cccc(Nc2ncccn2)c1)c1cc(F)ccc1F. The number of amides is 1. The van der Waals surface area contributed by atoms with E-state index in [0.717, 1.165) is 18.2 Å². The summed E-state index contributed by atoms with van der Waals surface area (Å²) >= 11 is 0. The zero-order valence-electron chi connectivity index (χ0n) is 13.9. The van der Waals surface area contributed by atoms with Gasteiger partial charge in [0.1, 0.15) is 11.6 Å². The third-order valence-electron chi connectivity index (χ3n) is 3.72. The van der Waals surface area contributed by atoms with Gasteiger partial charge in [-0.05, 0) is 49.4 Å². The van der Waals surface area contributed by atoms with Crippen molar-refractivity contribution < 1.29 is 13.6 Å². The van der Waals surface area contributed by atoms with Crippen LogP contribution in [0.25, 0.3) is 0 Å². The minimum atomic E-state index is -0.688. The second kappa shape index (κ2) is 7.69. The Morgan fingerprint density at radius 3 is 2.58 bits per heavy atom. The predicted octanol–water partition coefficient (Wildman–Crippen LogP) is 3.99. The molecule has 0 fully saturated rings. The molecule has 3 rings (SSSR count). The molecule has 2 N–H and O–H groups in total. The number of carbonyl (C=O) groups excluding carboxylic acids is 1. The van der Waals surface area contributed by atoms with E-state index < -0.39 is 23.6 Å². The molecule has 0 spiro atoms. The average molecular weight is 354 g/mol. The molecular formula is C19H16F2N4O. The monoisotopic (exact) mass is 354 g/mol. The number of nitrogens with zero attached hydrogens (tertiary/aromatic N) is 2. The fraction of sp³-hybridized carbons (Fsp3) is 0.105. The van der Waals surface area contributed by atoms with Gasteiger partial charge < -0.3 is 10.6 Å². The van der Waals surface area contributed by atoms with Crippen LogP contribution in [-0.2, 0) is 0 Å². The maximum absolute atomic E-state index is 13.8. The Bertz CT molecular complexity index is 918. The molecule has 1 amide bonds. The van der Waals surface area contributed by atoms with Crippen molar-refractivity contribution in [3.8, 4) is 0 Å². The summed E-state index contributed by atoms with van der Waals surface area (Å²) in [5.74, 6) is -1.13. The first kappa shape index (κ1) is 17.5. The van der Waals surface area contributed by atoms with E-state index in [0.29, 0.717) is 17.2 Å². The number of nitrogens with one attached hydrogen (secondary N) is 2. The highest BCUT2D eigenvalue weighted by Crippen LogP contribution is 2.19. The molecule has 2 aromatic carbocycles. The number of halogens is 2. The van der Waals surface area contributed by atoms with Crippen LogP contribution < -0.4 is 10.6 Å². The zero-order valence-corrected chi connectivity index (χ0v) is 13.9. The van der Waals surface area contributed by atoms with E-state index in [-0.39, 0.29) is 5.56 Å². The van der Waals surface area contributed by atoms with Gasteiger partial charge in [0.05, 0.1) is 6.04 Å². The lowest BCUT2D eigenvalue weighted by Crippen LogP contribution is -2.27. The maximum Gasteiger partial charge on any atom is 0.251 e. The Labute approximate surface area is 149 Å². The second-order valence-electron chi connectivity index (χ2n) is 5.64. The molecule has 0 aliphatic heterocycles. The number of carbonyl (C=O) groups is 1. The topological polar surface area (TPSA) is 66.9 Å². The molecule has 1 aromatic heterocycles. The van der Waals surface area contributed by atoms with Gasteiger partial charge in [-0.1, -0.05) is 6.07 Å². The summed E-state index contributed by atoms with van der Waals surface area (Å²) in [7, 11) is 0. The first-order valence-corrected chi connectivity index (χ1v) is 7.93. The Kier molecular flexibility index (Phi) is 5.17. The summed E-state index contributed by atoms with van der Waals surface area (Å²) in [5.41, 5.74) is 1.09. The van der Waals surface area contributed by atoms with Crippen LogP contribution in [0.4, 0.5) is 20.4 Å². The van der Waals surface area contributed by atoms with Gasteiger partial charge in [0.25, 0.3) is 5.91 Å². The first-order chi connectivity index (χ1) is 12.5. The Hall–Kier alpha value is -3.35. The third-order valence-corrected chi connectivity index (χ3v) is 3.72. The molecule has 0 radical (unpaired) electrons. The van der Waals surface area contributed by atoms with E-state index in [1.165, 1.54) is 0 Å². The molecule has 3 aromatic rings. The fourth-order valence-corrected chi connectivity index (χ4v) is 2.44. The lowest BCUT2D eigenvalue weighted by molar-refractivity contribution is 0.0939. The summed E-state index contributed by atoms with van der Waals surface area (Å²) < 4.78 is 27.2. The smallest absolute Gasteiger partial charge is 0.251 e. The number of hydrogen-bond donors (Lipinski definition) is 2. The largest absolute Gasteiger partial charge is 0.345 e. The van der Waals surface area contributed by atoms with Gasteiger partial charge in [0.15, 0.2) is 0 Å². The molecule has 0 aliphatic carbocycles. The van der Waals surface area contributed by atoms with Crippen molar-refractivity contribution in [2.45, 2.75) is 13.0 Å². The van der Waals surface area contributed by atoms with Gasteiger partial charge >= 0.3 is 0 Å². The molecule has 0 saturated carbocycles. The molecule has 7 heteroatoms. The van der Waals surface area contributed by atoms with E-state index in [4.69, 9.17) is 0 Å². The summed E-state index contributed by atoms with van der Waals surface area (Å²) in [6.45, 7) is 1.59. The van der Waals surface area contributed by atoms with Gasteiger partial charge in [0.2, 0.25) is 5.95 Å². The van der Waals surface area contributed by atoms with Crippen LogP contribution >= 0.6 is 0 Å². The van der Waals surface area contributed by atoms with Gasteiger partial charge in [-0.25, -0.2) is 18.7 Å². The molecule has 132 valence electrons. The van der Waals surface area contributed by atoms with Crippen LogP contribution in [0.5, 0.6) is 0 Å². The van der Waals surface area contributed by atoms with Gasteiger partial charge in [-0.3, -0.25) is 4.79 Å². The number of hydrogen-bond acceptors (Lipinski definition) is 4. The first-order valence-electron chi connectivity index (χ1n) is 7.93. The quantitative estimate of drug-likeness (QED) is 0.727. The van der Waals surface area contributed by atoms with Crippen molar-refractivity contribution in [1.82, 2.24) is 15.3 Å². The summed E-state index contributed by atoms with van der Waals surface area (Å²) in [6, 6.07) is 10.9. The predicted molar refractivity (Wildman–Crippen MR) is 94.0 cm³/mol. The molecule has 0 saturated heterocycles. The van der Waals surface area contributed by atoms with Crippen molar-refractivity contribution in [2.24, 2.45) is 0 Å². The van der Waals surface area contributed by atoms with E-state index in [9.17, 15) is 13.6 Å². The van der Waals surface area contributed by atoms with Crippen molar-refractivity contribution in [3.63, 3.8) is 0 Å². The maximum atomic E-state index is 13.8. The highest BCUT2D eigenvalue weighted by Gasteiger charge is 2.16. The van der Waals surface area contributed by atoms with E-state index >= 15 is 0 Å². The zero-order chi connectivity index (χ0) is 18.5. The van der Waals surface area contributed by atoms with Crippen molar-refractivity contribution in [1.29, 1.82) is 0 Å². The highest BCUT2D eigenvalue weighted by atomic mass is 19.1. The average Bonchev–Trinajstić information content (AvgIpc) is 2.64. The molecule has 26 heavy (non-hydrogen) atoms. The molecule has 1 atom stereocenters. The van der Waals surface area contributed by atoms with Crippen LogP contribution in [0.3, 0.4) is 0 Å². The lowest BCUT2D eigenvalue weighted by Gasteiger charge is -2.15. The van der Waals surface area contributed by atoms with Crippen LogP contribution in [-0.4, -0.2) is 15.9 Å². The Balaban J connectivity index is 1.73. The van der Waals surface area contributed by atoms with Crippen LogP contribution in [0.2, 0.25) is 0 Å². The molecule has 0 aliphatic rings. The molecule has 5 nitrogen and oxygen atoms in total. The molecule has 1 unspecified atom stereocenters. The molecule has 1 heterocycles. The second-order valence-corrected chi connectivity index (χ2v) is 5.64. The number of anilines is 2. The van der Waals surface area contributed by atoms with Crippen LogP contribution in [0.1, 0.15) is 28.9 Å².